The first-order valence-electron chi connectivity index (χ1n) is 6.57. The molecular weight excluding hydrogens is 294 g/mol. The molecule has 7 nitrogen and oxygen atoms in total. The zero-order valence-corrected chi connectivity index (χ0v) is 13.2. The van der Waals surface area contributed by atoms with Crippen molar-refractivity contribution in [1.82, 2.24) is 10.0 Å². The standard InChI is InChI=1S/C13H21N3O4S/c1-13(2,3)10-14-8-9-15-21(19,20)12-6-4-11(5-7-12)16(17)18/h4-7,14-15H,8-10H2,1-3H3. The Hall–Kier alpha value is -1.51. The molecule has 0 heterocycles. The molecule has 8 heteroatoms. The molecule has 0 aromatic heterocycles. The number of non-ortho nitro benzene ring substituents is 1. The summed E-state index contributed by atoms with van der Waals surface area (Å²) in [6.45, 7) is 7.81. The first-order valence-corrected chi connectivity index (χ1v) is 8.05. The SMILES string of the molecule is CC(C)(C)CNCCNS(=O)(=O)c1ccc([N+](=O)[O-])cc1. The number of hydrogen-bond donors (Lipinski definition) is 2. The molecule has 21 heavy (non-hydrogen) atoms. The smallest absolute Gasteiger partial charge is 0.269 e. The van der Waals surface area contributed by atoms with Crippen LogP contribution < -0.4 is 10.0 Å². The number of nitrogens with one attached hydrogen (secondary N) is 2. The minimum absolute atomic E-state index is 0.0175. The summed E-state index contributed by atoms with van der Waals surface area (Å²) in [5.41, 5.74) is -0.00200. The quantitative estimate of drug-likeness (QED) is 0.451. The molecule has 118 valence electrons. The summed E-state index contributed by atoms with van der Waals surface area (Å²) in [5, 5.41) is 13.7. The molecule has 0 spiro atoms. The predicted molar refractivity (Wildman–Crippen MR) is 80.6 cm³/mol. The molecule has 0 aliphatic carbocycles. The van der Waals surface area contributed by atoms with E-state index in [4.69, 9.17) is 0 Å². The third-order valence-corrected chi connectivity index (χ3v) is 4.08. The summed E-state index contributed by atoms with van der Waals surface area (Å²) >= 11 is 0. The summed E-state index contributed by atoms with van der Waals surface area (Å²) < 4.78 is 26.4. The van der Waals surface area contributed by atoms with Crippen LogP contribution in [-0.2, 0) is 10.0 Å². The molecule has 1 rings (SSSR count). The fourth-order valence-corrected chi connectivity index (χ4v) is 2.60. The Kier molecular flexibility index (Phi) is 5.82. The van der Waals surface area contributed by atoms with Crippen LogP contribution in [0.1, 0.15) is 20.8 Å². The van der Waals surface area contributed by atoms with Gasteiger partial charge in [-0.2, -0.15) is 0 Å². The number of rotatable bonds is 7. The van der Waals surface area contributed by atoms with Gasteiger partial charge >= 0.3 is 0 Å². The summed E-state index contributed by atoms with van der Waals surface area (Å²) in [5.74, 6) is 0. The lowest BCUT2D eigenvalue weighted by Crippen LogP contribution is -2.35. The average molecular weight is 315 g/mol. The Bertz CT molecular complexity index is 576. The fraction of sp³-hybridized carbons (Fsp3) is 0.538. The molecule has 0 radical (unpaired) electrons. The molecule has 0 unspecified atom stereocenters. The summed E-state index contributed by atoms with van der Waals surface area (Å²) in [7, 11) is -3.63. The van der Waals surface area contributed by atoms with Gasteiger partial charge in [0, 0.05) is 31.8 Å². The van der Waals surface area contributed by atoms with Crippen molar-refractivity contribution in [3.8, 4) is 0 Å². The van der Waals surface area contributed by atoms with E-state index in [2.05, 4.69) is 30.8 Å². The number of sulfonamides is 1. The van der Waals surface area contributed by atoms with E-state index in [9.17, 15) is 18.5 Å². The van der Waals surface area contributed by atoms with Crippen molar-refractivity contribution >= 4 is 15.7 Å². The highest BCUT2D eigenvalue weighted by atomic mass is 32.2. The van der Waals surface area contributed by atoms with E-state index in [0.717, 1.165) is 6.54 Å². The number of hydrogen-bond acceptors (Lipinski definition) is 5. The van der Waals surface area contributed by atoms with Crippen molar-refractivity contribution in [3.05, 3.63) is 34.4 Å². The molecule has 0 atom stereocenters. The average Bonchev–Trinajstić information content (AvgIpc) is 2.37. The van der Waals surface area contributed by atoms with Gasteiger partial charge in [0.25, 0.3) is 5.69 Å². The second-order valence-corrected chi connectivity index (χ2v) is 7.65. The minimum atomic E-state index is -3.63. The van der Waals surface area contributed by atoms with Gasteiger partial charge in [-0.25, -0.2) is 13.1 Å². The van der Waals surface area contributed by atoms with E-state index in [1.165, 1.54) is 24.3 Å². The monoisotopic (exact) mass is 315 g/mol. The van der Waals surface area contributed by atoms with Crippen molar-refractivity contribution in [3.63, 3.8) is 0 Å². The van der Waals surface area contributed by atoms with Crippen LogP contribution in [0, 0.1) is 15.5 Å². The lowest BCUT2D eigenvalue weighted by molar-refractivity contribution is -0.384. The fourth-order valence-electron chi connectivity index (χ4n) is 1.57. The Morgan fingerprint density at radius 1 is 1.14 bits per heavy atom. The van der Waals surface area contributed by atoms with E-state index in [0.29, 0.717) is 6.54 Å². The van der Waals surface area contributed by atoms with E-state index in [1.807, 2.05) is 0 Å². The third-order valence-electron chi connectivity index (χ3n) is 2.61. The van der Waals surface area contributed by atoms with Crippen LogP contribution >= 0.6 is 0 Å². The molecule has 2 N–H and O–H groups in total. The van der Waals surface area contributed by atoms with Crippen molar-refractivity contribution < 1.29 is 13.3 Å². The van der Waals surface area contributed by atoms with E-state index >= 15 is 0 Å². The Morgan fingerprint density at radius 3 is 2.19 bits per heavy atom. The zero-order chi connectivity index (χ0) is 16.1. The van der Waals surface area contributed by atoms with Crippen LogP contribution in [0.5, 0.6) is 0 Å². The molecule has 1 aromatic carbocycles. The maximum Gasteiger partial charge on any atom is 0.269 e. The zero-order valence-electron chi connectivity index (χ0n) is 12.4. The van der Waals surface area contributed by atoms with Crippen molar-refractivity contribution in [2.24, 2.45) is 5.41 Å². The highest BCUT2D eigenvalue weighted by Gasteiger charge is 2.15. The Morgan fingerprint density at radius 2 is 1.71 bits per heavy atom. The topological polar surface area (TPSA) is 101 Å². The van der Waals surface area contributed by atoms with Gasteiger partial charge in [0.2, 0.25) is 10.0 Å². The van der Waals surface area contributed by atoms with Gasteiger partial charge in [-0.1, -0.05) is 20.8 Å². The van der Waals surface area contributed by atoms with Gasteiger partial charge in [-0.3, -0.25) is 10.1 Å². The van der Waals surface area contributed by atoms with Gasteiger partial charge < -0.3 is 5.32 Å². The third kappa shape index (κ3) is 6.19. The molecule has 0 fully saturated rings. The van der Waals surface area contributed by atoms with Crippen LogP contribution in [0.4, 0.5) is 5.69 Å². The van der Waals surface area contributed by atoms with Gasteiger partial charge in [-0.05, 0) is 17.5 Å². The molecule has 0 saturated heterocycles. The lowest BCUT2D eigenvalue weighted by Gasteiger charge is -2.18. The summed E-state index contributed by atoms with van der Waals surface area (Å²) in [4.78, 5) is 9.97. The predicted octanol–water partition coefficient (Wildman–Crippen LogP) is 1.51. The van der Waals surface area contributed by atoms with Crippen LogP contribution in [0.15, 0.2) is 29.2 Å². The highest BCUT2D eigenvalue weighted by Crippen LogP contribution is 2.15. The number of nitro groups is 1. The highest BCUT2D eigenvalue weighted by molar-refractivity contribution is 7.89. The molecule has 0 aliphatic rings. The molecule has 0 aliphatic heterocycles. The molecule has 0 amide bonds. The first kappa shape index (κ1) is 17.5. The second kappa shape index (κ2) is 6.97. The molecular formula is C13H21N3O4S. The van der Waals surface area contributed by atoms with Crippen molar-refractivity contribution in [2.45, 2.75) is 25.7 Å². The maximum absolute atomic E-state index is 12.0. The number of nitrogens with zero attached hydrogens (tertiary/aromatic N) is 1. The number of nitro benzene ring substituents is 1. The normalized spacial score (nSPS) is 12.3. The number of benzene rings is 1. The van der Waals surface area contributed by atoms with Crippen molar-refractivity contribution in [1.29, 1.82) is 0 Å². The van der Waals surface area contributed by atoms with Crippen LogP contribution in [0.2, 0.25) is 0 Å². The minimum Gasteiger partial charge on any atom is -0.315 e. The van der Waals surface area contributed by atoms with Crippen LogP contribution in [-0.4, -0.2) is 33.0 Å². The van der Waals surface area contributed by atoms with Gasteiger partial charge in [0.05, 0.1) is 9.82 Å². The van der Waals surface area contributed by atoms with Crippen LogP contribution in [0.3, 0.4) is 0 Å². The molecule has 1 aromatic rings. The Labute approximate surface area is 124 Å². The Balaban J connectivity index is 2.52. The lowest BCUT2D eigenvalue weighted by atomic mass is 9.97. The molecule has 0 bridgehead atoms. The largest absolute Gasteiger partial charge is 0.315 e. The van der Waals surface area contributed by atoms with Gasteiger partial charge in [-0.15, -0.1) is 0 Å². The molecule has 0 saturated carbocycles. The van der Waals surface area contributed by atoms with E-state index in [-0.39, 0.29) is 22.5 Å². The van der Waals surface area contributed by atoms with Crippen LogP contribution in [0.25, 0.3) is 0 Å². The first-order chi connectivity index (χ1) is 9.62. The van der Waals surface area contributed by atoms with E-state index < -0.39 is 14.9 Å². The van der Waals surface area contributed by atoms with E-state index in [1.54, 1.807) is 0 Å². The van der Waals surface area contributed by atoms with Crippen molar-refractivity contribution in [2.75, 3.05) is 19.6 Å². The van der Waals surface area contributed by atoms with Gasteiger partial charge in [0.15, 0.2) is 0 Å². The summed E-state index contributed by atoms with van der Waals surface area (Å²) in [6.07, 6.45) is 0. The summed E-state index contributed by atoms with van der Waals surface area (Å²) in [6, 6.07) is 4.80. The van der Waals surface area contributed by atoms with Gasteiger partial charge in [0.1, 0.15) is 0 Å². The second-order valence-electron chi connectivity index (χ2n) is 5.89. The maximum atomic E-state index is 12.0.